The number of H-pyrrole nitrogens is 1. The van der Waals surface area contributed by atoms with Crippen LogP contribution in [0, 0.1) is 0 Å². The summed E-state index contributed by atoms with van der Waals surface area (Å²) in [6.45, 7) is 4.52. The van der Waals surface area contributed by atoms with Gasteiger partial charge in [0.15, 0.2) is 11.2 Å². The van der Waals surface area contributed by atoms with Crippen LogP contribution >= 0.6 is 0 Å². The third kappa shape index (κ3) is 10.4. The van der Waals surface area contributed by atoms with Gasteiger partial charge in [-0.05, 0) is 30.7 Å². The standard InChI is InChI=1S/C29H37N11O8/c30-29-38-24-23(26(44)39-29)35-18(15-34-24)14-33-17-3-1-16(2-4-17)25(43)37-19(27(45)46)5-6-21(41)36-20(28(47)48)13-22(42)32-9-12-40-10-7-31-8-11-40/h1-4,15,19-20,31,33H,5-14H2,(H,32,42)(H,36,41)(H,37,43)(H,45,46)(H,47,48)(H3,30,34,38,39,44)/t19-,20-/m0/s1. The number of aromatic amines is 1. The number of aromatic nitrogens is 4. The van der Waals surface area contributed by atoms with Crippen molar-refractivity contribution in [3.8, 4) is 0 Å². The second kappa shape index (κ2) is 16.7. The molecule has 19 heteroatoms. The lowest BCUT2D eigenvalue weighted by molar-refractivity contribution is -0.144. The van der Waals surface area contributed by atoms with E-state index in [9.17, 15) is 39.0 Å². The van der Waals surface area contributed by atoms with Crippen molar-refractivity contribution in [1.29, 1.82) is 0 Å². The molecule has 0 aliphatic carbocycles. The summed E-state index contributed by atoms with van der Waals surface area (Å²) in [5.74, 6) is -4.91. The molecule has 4 rings (SSSR count). The number of hydrogen-bond donors (Lipinski definition) is 9. The van der Waals surface area contributed by atoms with Gasteiger partial charge in [0.25, 0.3) is 11.5 Å². The number of piperazine rings is 1. The summed E-state index contributed by atoms with van der Waals surface area (Å²) in [6.07, 6.45) is 0.203. The van der Waals surface area contributed by atoms with Crippen LogP contribution in [-0.4, -0.2) is 116 Å². The van der Waals surface area contributed by atoms with Crippen molar-refractivity contribution in [2.45, 2.75) is 37.9 Å². The summed E-state index contributed by atoms with van der Waals surface area (Å²) >= 11 is 0. The maximum Gasteiger partial charge on any atom is 0.326 e. The third-order valence-electron chi connectivity index (χ3n) is 7.35. The fourth-order valence-electron chi connectivity index (χ4n) is 4.77. The number of nitrogens with zero attached hydrogens (tertiary/aromatic N) is 4. The minimum atomic E-state index is -1.51. The van der Waals surface area contributed by atoms with Gasteiger partial charge >= 0.3 is 11.9 Å². The number of fused-ring (bicyclic) bond motifs is 1. The Kier molecular flexibility index (Phi) is 12.3. The lowest BCUT2D eigenvalue weighted by Crippen LogP contribution is -2.48. The molecule has 2 aromatic heterocycles. The summed E-state index contributed by atoms with van der Waals surface area (Å²) in [6, 6.07) is 3.12. The van der Waals surface area contributed by atoms with Crippen LogP contribution in [0.1, 0.15) is 35.3 Å². The zero-order chi connectivity index (χ0) is 34.6. The number of nitrogens with two attached hydrogens (primary N) is 1. The monoisotopic (exact) mass is 667 g/mol. The van der Waals surface area contributed by atoms with Gasteiger partial charge < -0.3 is 42.5 Å². The Morgan fingerprint density at radius 2 is 1.67 bits per heavy atom. The van der Waals surface area contributed by atoms with E-state index in [1.165, 1.54) is 18.3 Å². The van der Waals surface area contributed by atoms with Crippen LogP contribution in [0.3, 0.4) is 0 Å². The maximum atomic E-state index is 12.8. The van der Waals surface area contributed by atoms with Gasteiger partial charge in [0.2, 0.25) is 17.8 Å². The topological polar surface area (TPSA) is 287 Å². The molecule has 0 radical (unpaired) electrons. The molecule has 19 nitrogen and oxygen atoms in total. The van der Waals surface area contributed by atoms with Crippen molar-refractivity contribution in [3.63, 3.8) is 0 Å². The fourth-order valence-corrected chi connectivity index (χ4v) is 4.77. The Morgan fingerprint density at radius 3 is 2.35 bits per heavy atom. The number of nitrogens with one attached hydrogen (secondary N) is 6. The zero-order valence-electron chi connectivity index (χ0n) is 25.8. The van der Waals surface area contributed by atoms with Gasteiger partial charge in [-0.25, -0.2) is 19.6 Å². The van der Waals surface area contributed by atoms with Crippen molar-refractivity contribution in [1.82, 2.24) is 46.1 Å². The summed E-state index contributed by atoms with van der Waals surface area (Å²) in [7, 11) is 0. The molecule has 0 spiro atoms. The normalized spacial score (nSPS) is 14.4. The molecular weight excluding hydrogens is 630 g/mol. The van der Waals surface area contributed by atoms with Gasteiger partial charge in [-0.1, -0.05) is 0 Å². The summed E-state index contributed by atoms with van der Waals surface area (Å²) in [5, 5.41) is 32.7. The molecule has 10 N–H and O–H groups in total. The molecule has 1 aliphatic rings. The first kappa shape index (κ1) is 35.2. The Labute approximate surface area is 273 Å². The summed E-state index contributed by atoms with van der Waals surface area (Å²) in [5.41, 5.74) is 6.30. The highest BCUT2D eigenvalue weighted by Gasteiger charge is 2.26. The van der Waals surface area contributed by atoms with Crippen molar-refractivity contribution in [3.05, 3.63) is 52.1 Å². The second-order valence-corrected chi connectivity index (χ2v) is 10.9. The number of anilines is 2. The lowest BCUT2D eigenvalue weighted by Gasteiger charge is -2.27. The molecule has 1 aliphatic heterocycles. The molecule has 0 bridgehead atoms. The number of carbonyl (C=O) groups is 5. The molecule has 0 saturated carbocycles. The van der Waals surface area contributed by atoms with E-state index >= 15 is 0 Å². The predicted octanol–water partition coefficient (Wildman–Crippen LogP) is -2.15. The van der Waals surface area contributed by atoms with Gasteiger partial charge in [0, 0.05) is 56.9 Å². The van der Waals surface area contributed by atoms with Gasteiger partial charge in [0.1, 0.15) is 12.1 Å². The first-order valence-electron chi connectivity index (χ1n) is 15.1. The number of aliphatic carboxylic acids is 2. The number of carboxylic acid groups (broad SMARTS) is 2. The first-order chi connectivity index (χ1) is 23.0. The van der Waals surface area contributed by atoms with Crippen molar-refractivity contribution in [2.75, 3.05) is 50.3 Å². The number of amides is 3. The number of benzene rings is 1. The van der Waals surface area contributed by atoms with Gasteiger partial charge in [-0.2, -0.15) is 4.98 Å². The maximum absolute atomic E-state index is 12.8. The van der Waals surface area contributed by atoms with Crippen LogP contribution in [-0.2, 0) is 25.7 Å². The largest absolute Gasteiger partial charge is 0.480 e. The lowest BCUT2D eigenvalue weighted by atomic mass is 10.1. The predicted molar refractivity (Wildman–Crippen MR) is 171 cm³/mol. The van der Waals surface area contributed by atoms with E-state index in [0.29, 0.717) is 24.5 Å². The van der Waals surface area contributed by atoms with E-state index in [1.807, 2.05) is 0 Å². The van der Waals surface area contributed by atoms with E-state index in [1.54, 1.807) is 12.1 Å². The highest BCUT2D eigenvalue weighted by molar-refractivity contribution is 5.97. The number of carboxylic acids is 2. The molecule has 0 unspecified atom stereocenters. The molecule has 256 valence electrons. The molecular formula is C29H37N11O8. The molecule has 48 heavy (non-hydrogen) atoms. The van der Waals surface area contributed by atoms with E-state index in [-0.39, 0.29) is 35.6 Å². The number of hydrogen-bond acceptors (Lipinski definition) is 13. The first-order valence-corrected chi connectivity index (χ1v) is 15.1. The van der Waals surface area contributed by atoms with Gasteiger partial charge in [-0.3, -0.25) is 29.1 Å². The Hall–Kier alpha value is -5.69. The Morgan fingerprint density at radius 1 is 0.958 bits per heavy atom. The van der Waals surface area contributed by atoms with E-state index in [4.69, 9.17) is 5.73 Å². The van der Waals surface area contributed by atoms with E-state index in [0.717, 1.165) is 26.2 Å². The molecule has 3 amide bonds. The number of rotatable bonds is 16. The number of nitrogen functional groups attached to an aromatic ring is 1. The minimum Gasteiger partial charge on any atom is -0.480 e. The third-order valence-corrected chi connectivity index (χ3v) is 7.35. The molecule has 1 fully saturated rings. The smallest absolute Gasteiger partial charge is 0.326 e. The quantitative estimate of drug-likeness (QED) is 0.0787. The summed E-state index contributed by atoms with van der Waals surface area (Å²) < 4.78 is 0. The van der Waals surface area contributed by atoms with E-state index < -0.39 is 60.1 Å². The van der Waals surface area contributed by atoms with Crippen molar-refractivity contribution >= 4 is 52.5 Å². The average molecular weight is 668 g/mol. The molecule has 1 saturated heterocycles. The zero-order valence-corrected chi connectivity index (χ0v) is 25.8. The highest BCUT2D eigenvalue weighted by atomic mass is 16.4. The summed E-state index contributed by atoms with van der Waals surface area (Å²) in [4.78, 5) is 89.8. The van der Waals surface area contributed by atoms with Crippen molar-refractivity contribution < 1.29 is 34.2 Å². The van der Waals surface area contributed by atoms with Crippen LogP contribution in [0.5, 0.6) is 0 Å². The molecule has 1 aromatic carbocycles. The highest BCUT2D eigenvalue weighted by Crippen LogP contribution is 2.12. The van der Waals surface area contributed by atoms with Crippen LogP contribution in [0.15, 0.2) is 35.3 Å². The molecule has 3 aromatic rings. The van der Waals surface area contributed by atoms with Crippen LogP contribution < -0.4 is 37.9 Å². The SMILES string of the molecule is Nc1nc2ncc(CNc3ccc(C(=O)N[C@@H](CCC(=O)N[C@@H](CC(=O)NCCN4CCNCC4)C(=O)O)C(=O)O)cc3)nc2c(=O)[nH]1. The van der Waals surface area contributed by atoms with Gasteiger partial charge in [0.05, 0.1) is 24.9 Å². The average Bonchev–Trinajstić information content (AvgIpc) is 3.06. The Bertz CT molecular complexity index is 1690. The van der Waals surface area contributed by atoms with Crippen LogP contribution in [0.25, 0.3) is 11.2 Å². The number of carbonyl (C=O) groups excluding carboxylic acids is 3. The minimum absolute atomic E-state index is 0.0300. The van der Waals surface area contributed by atoms with Crippen LogP contribution in [0.2, 0.25) is 0 Å². The van der Waals surface area contributed by atoms with Crippen LogP contribution in [0.4, 0.5) is 11.6 Å². The van der Waals surface area contributed by atoms with Crippen molar-refractivity contribution in [2.24, 2.45) is 0 Å². The van der Waals surface area contributed by atoms with Gasteiger partial charge in [-0.15, -0.1) is 0 Å². The van der Waals surface area contributed by atoms with E-state index in [2.05, 4.69) is 51.4 Å². The fraction of sp³-hybridized carbons (Fsp3) is 0.414. The second-order valence-electron chi connectivity index (χ2n) is 10.9. The molecule has 3 heterocycles. The molecule has 2 atom stereocenters. The Balaban J connectivity index is 1.22.